The van der Waals surface area contributed by atoms with Crippen LogP contribution in [0, 0.1) is 0 Å². The Hall–Kier alpha value is -2.07. The van der Waals surface area contributed by atoms with Gasteiger partial charge in [-0.05, 0) is 32.0 Å². The molecule has 1 aromatic heterocycles. The summed E-state index contributed by atoms with van der Waals surface area (Å²) in [7, 11) is 0. The average molecular weight is 303 g/mol. The predicted molar refractivity (Wildman–Crippen MR) is 82.1 cm³/mol. The third kappa shape index (κ3) is 2.72. The zero-order chi connectivity index (χ0) is 15.0. The van der Waals surface area contributed by atoms with E-state index < -0.39 is 0 Å². The standard InChI is InChI=1S/C16H15ClN2O2/c1-16(2)9-10-5-3-7-12(13(10)21-16)19-15(20)11-6-4-8-18-14(11)17/h3-8H,9H2,1-2H3,(H,19,20). The lowest BCUT2D eigenvalue weighted by Crippen LogP contribution is -2.25. The van der Waals surface area contributed by atoms with Gasteiger partial charge in [-0.3, -0.25) is 4.79 Å². The van der Waals surface area contributed by atoms with Crippen LogP contribution >= 0.6 is 11.6 Å². The van der Waals surface area contributed by atoms with Crippen LogP contribution in [0.15, 0.2) is 36.5 Å². The molecule has 4 nitrogen and oxygen atoms in total. The number of fused-ring (bicyclic) bond motifs is 1. The highest BCUT2D eigenvalue weighted by Gasteiger charge is 2.32. The quantitative estimate of drug-likeness (QED) is 0.861. The number of hydrogen-bond acceptors (Lipinski definition) is 3. The lowest BCUT2D eigenvalue weighted by Gasteiger charge is -2.18. The van der Waals surface area contributed by atoms with Crippen molar-refractivity contribution in [3.05, 3.63) is 52.8 Å². The van der Waals surface area contributed by atoms with E-state index in [9.17, 15) is 4.79 Å². The summed E-state index contributed by atoms with van der Waals surface area (Å²) in [6, 6.07) is 9.05. The molecule has 0 bridgehead atoms. The van der Waals surface area contributed by atoms with E-state index in [0.717, 1.165) is 17.7 Å². The van der Waals surface area contributed by atoms with Crippen molar-refractivity contribution in [2.45, 2.75) is 25.9 Å². The fourth-order valence-electron chi connectivity index (χ4n) is 2.46. The first-order chi connectivity index (χ1) is 9.96. The van der Waals surface area contributed by atoms with Crippen LogP contribution in [0.3, 0.4) is 0 Å². The van der Waals surface area contributed by atoms with E-state index in [0.29, 0.717) is 11.3 Å². The lowest BCUT2D eigenvalue weighted by atomic mass is 10.0. The Labute approximate surface area is 128 Å². The van der Waals surface area contributed by atoms with Gasteiger partial charge >= 0.3 is 0 Å². The number of halogens is 1. The van der Waals surface area contributed by atoms with E-state index >= 15 is 0 Å². The van der Waals surface area contributed by atoms with Crippen LogP contribution in [0.4, 0.5) is 5.69 Å². The maximum Gasteiger partial charge on any atom is 0.258 e. The maximum absolute atomic E-state index is 12.3. The zero-order valence-electron chi connectivity index (χ0n) is 11.8. The number of carbonyl (C=O) groups is 1. The maximum atomic E-state index is 12.3. The molecule has 1 aliphatic heterocycles. The molecule has 1 amide bonds. The smallest absolute Gasteiger partial charge is 0.258 e. The van der Waals surface area contributed by atoms with Crippen molar-refractivity contribution in [1.29, 1.82) is 0 Å². The van der Waals surface area contributed by atoms with E-state index in [-0.39, 0.29) is 16.7 Å². The Morgan fingerprint density at radius 3 is 2.90 bits per heavy atom. The number of hydrogen-bond donors (Lipinski definition) is 1. The SMILES string of the molecule is CC1(C)Cc2cccc(NC(=O)c3cccnc3Cl)c2O1. The van der Waals surface area contributed by atoms with Gasteiger partial charge in [0.1, 0.15) is 16.5 Å². The van der Waals surface area contributed by atoms with Gasteiger partial charge in [0.25, 0.3) is 5.91 Å². The first-order valence-electron chi connectivity index (χ1n) is 6.69. The van der Waals surface area contributed by atoms with Gasteiger partial charge in [-0.25, -0.2) is 4.98 Å². The minimum atomic E-state index is -0.296. The van der Waals surface area contributed by atoms with Crippen LogP contribution in [0.2, 0.25) is 5.15 Å². The van der Waals surface area contributed by atoms with Crippen LogP contribution in [0.5, 0.6) is 5.75 Å². The normalized spacial score (nSPS) is 15.2. The van der Waals surface area contributed by atoms with Gasteiger partial charge in [0.2, 0.25) is 0 Å². The summed E-state index contributed by atoms with van der Waals surface area (Å²) in [5, 5.41) is 3.03. The summed E-state index contributed by atoms with van der Waals surface area (Å²) in [6.07, 6.45) is 2.37. The number of aromatic nitrogens is 1. The van der Waals surface area contributed by atoms with Gasteiger partial charge in [-0.1, -0.05) is 23.7 Å². The van der Waals surface area contributed by atoms with Gasteiger partial charge in [0, 0.05) is 18.2 Å². The number of nitrogens with zero attached hydrogens (tertiary/aromatic N) is 1. The van der Waals surface area contributed by atoms with Gasteiger partial charge in [0.05, 0.1) is 11.3 Å². The van der Waals surface area contributed by atoms with Crippen molar-refractivity contribution in [2.75, 3.05) is 5.32 Å². The molecular formula is C16H15ClN2O2. The zero-order valence-corrected chi connectivity index (χ0v) is 12.6. The Morgan fingerprint density at radius 2 is 2.14 bits per heavy atom. The lowest BCUT2D eigenvalue weighted by molar-refractivity contribution is 0.102. The molecule has 21 heavy (non-hydrogen) atoms. The third-order valence-corrected chi connectivity index (χ3v) is 3.64. The van der Waals surface area contributed by atoms with Crippen LogP contribution in [0.1, 0.15) is 29.8 Å². The Bertz CT molecular complexity index is 713. The summed E-state index contributed by atoms with van der Waals surface area (Å²) < 4.78 is 5.93. The number of pyridine rings is 1. The predicted octanol–water partition coefficient (Wildman–Crippen LogP) is 3.70. The molecule has 1 aliphatic rings. The second-order valence-corrected chi connectivity index (χ2v) is 5.99. The molecule has 0 radical (unpaired) electrons. The van der Waals surface area contributed by atoms with Crippen LogP contribution in [-0.4, -0.2) is 16.5 Å². The van der Waals surface area contributed by atoms with Gasteiger partial charge < -0.3 is 10.1 Å². The summed E-state index contributed by atoms with van der Waals surface area (Å²) in [4.78, 5) is 16.2. The van der Waals surface area contributed by atoms with Crippen molar-refractivity contribution in [2.24, 2.45) is 0 Å². The second kappa shape index (κ2) is 5.04. The summed E-state index contributed by atoms with van der Waals surface area (Å²) in [6.45, 7) is 4.05. The number of amides is 1. The number of nitrogens with one attached hydrogen (secondary N) is 1. The highest BCUT2D eigenvalue weighted by Crippen LogP contribution is 2.40. The molecule has 2 aromatic rings. The molecule has 5 heteroatoms. The third-order valence-electron chi connectivity index (χ3n) is 3.34. The first kappa shape index (κ1) is 13.9. The number of carbonyl (C=O) groups excluding carboxylic acids is 1. The highest BCUT2D eigenvalue weighted by molar-refractivity contribution is 6.33. The minimum Gasteiger partial charge on any atom is -0.485 e. The number of anilines is 1. The highest BCUT2D eigenvalue weighted by atomic mass is 35.5. The number of benzene rings is 1. The van der Waals surface area contributed by atoms with Crippen molar-refractivity contribution in [3.8, 4) is 5.75 Å². The molecule has 1 N–H and O–H groups in total. The topological polar surface area (TPSA) is 51.2 Å². The van der Waals surface area contributed by atoms with Crippen molar-refractivity contribution in [1.82, 2.24) is 4.98 Å². The summed E-state index contributed by atoms with van der Waals surface area (Å²) in [5.74, 6) is 0.436. The largest absolute Gasteiger partial charge is 0.485 e. The molecule has 0 unspecified atom stereocenters. The molecule has 1 aromatic carbocycles. The van der Waals surface area contributed by atoms with Crippen molar-refractivity contribution in [3.63, 3.8) is 0 Å². The van der Waals surface area contributed by atoms with Gasteiger partial charge in [-0.15, -0.1) is 0 Å². The molecule has 0 spiro atoms. The van der Waals surface area contributed by atoms with Crippen LogP contribution in [0.25, 0.3) is 0 Å². The molecular weight excluding hydrogens is 288 g/mol. The number of rotatable bonds is 2. The fraction of sp³-hybridized carbons (Fsp3) is 0.250. The molecule has 0 aliphatic carbocycles. The first-order valence-corrected chi connectivity index (χ1v) is 7.07. The van der Waals surface area contributed by atoms with Crippen molar-refractivity contribution < 1.29 is 9.53 Å². The molecule has 0 saturated heterocycles. The van der Waals surface area contributed by atoms with E-state index in [1.54, 1.807) is 18.3 Å². The second-order valence-electron chi connectivity index (χ2n) is 5.63. The summed E-state index contributed by atoms with van der Waals surface area (Å²) >= 11 is 5.94. The Balaban J connectivity index is 1.89. The van der Waals surface area contributed by atoms with Crippen molar-refractivity contribution >= 4 is 23.2 Å². The van der Waals surface area contributed by atoms with Crippen LogP contribution < -0.4 is 10.1 Å². The monoisotopic (exact) mass is 302 g/mol. The molecule has 108 valence electrons. The van der Waals surface area contributed by atoms with Gasteiger partial charge in [-0.2, -0.15) is 0 Å². The number of para-hydroxylation sites is 1. The molecule has 0 atom stereocenters. The van der Waals surface area contributed by atoms with Gasteiger partial charge in [0.15, 0.2) is 0 Å². The number of ether oxygens (including phenoxy) is 1. The molecule has 0 fully saturated rings. The van der Waals surface area contributed by atoms with E-state index in [1.165, 1.54) is 0 Å². The minimum absolute atomic E-state index is 0.184. The van der Waals surface area contributed by atoms with E-state index in [2.05, 4.69) is 10.3 Å². The van der Waals surface area contributed by atoms with Crippen LogP contribution in [-0.2, 0) is 6.42 Å². The Morgan fingerprint density at radius 1 is 1.33 bits per heavy atom. The fourth-order valence-corrected chi connectivity index (χ4v) is 2.66. The summed E-state index contributed by atoms with van der Waals surface area (Å²) in [5.41, 5.74) is 1.84. The Kier molecular flexibility index (Phi) is 3.33. The molecule has 2 heterocycles. The molecule has 0 saturated carbocycles. The molecule has 3 rings (SSSR count). The average Bonchev–Trinajstić information content (AvgIpc) is 2.74. The van der Waals surface area contributed by atoms with E-state index in [1.807, 2.05) is 32.0 Å². The van der Waals surface area contributed by atoms with E-state index in [4.69, 9.17) is 16.3 Å².